The molecule has 29 heavy (non-hydrogen) atoms. The number of aromatic amines is 1. The van der Waals surface area contributed by atoms with E-state index in [1.54, 1.807) is 7.11 Å². The molecule has 1 aromatic carbocycles. The van der Waals surface area contributed by atoms with Crippen LogP contribution >= 0.6 is 0 Å². The van der Waals surface area contributed by atoms with Crippen molar-refractivity contribution in [2.24, 2.45) is 0 Å². The number of nitrogens with zero attached hydrogens (tertiary/aromatic N) is 3. The molecular weight excluding hydrogens is 364 g/mol. The van der Waals surface area contributed by atoms with E-state index in [-0.39, 0.29) is 5.56 Å². The van der Waals surface area contributed by atoms with Crippen LogP contribution in [-0.2, 0) is 19.5 Å². The summed E-state index contributed by atoms with van der Waals surface area (Å²) in [6, 6.07) is 12.1. The van der Waals surface area contributed by atoms with E-state index in [1.165, 1.54) is 0 Å². The van der Waals surface area contributed by atoms with E-state index >= 15 is 0 Å². The lowest BCUT2D eigenvalue weighted by atomic mass is 10.1. The molecule has 0 amide bonds. The number of hydrogen-bond acceptors (Lipinski definition) is 5. The van der Waals surface area contributed by atoms with Crippen molar-refractivity contribution in [3.8, 4) is 17.0 Å². The van der Waals surface area contributed by atoms with Crippen molar-refractivity contribution < 1.29 is 4.74 Å². The highest BCUT2D eigenvalue weighted by atomic mass is 16.5. The Morgan fingerprint density at radius 2 is 2.14 bits per heavy atom. The number of H-pyrrole nitrogens is 1. The van der Waals surface area contributed by atoms with Gasteiger partial charge >= 0.3 is 0 Å². The fourth-order valence-corrected chi connectivity index (χ4v) is 3.91. The third kappa shape index (κ3) is 3.80. The summed E-state index contributed by atoms with van der Waals surface area (Å²) in [6.45, 7) is 2.32. The maximum atomic E-state index is 12.5. The third-order valence-electron chi connectivity index (χ3n) is 5.73. The number of methoxy groups -OCH3 is 1. The highest BCUT2D eigenvalue weighted by molar-refractivity contribution is 5.61. The second-order valence-electron chi connectivity index (χ2n) is 7.89. The molecule has 0 atom stereocenters. The minimum absolute atomic E-state index is 0.0353. The van der Waals surface area contributed by atoms with E-state index < -0.39 is 0 Å². The minimum Gasteiger partial charge on any atom is -0.497 e. The summed E-state index contributed by atoms with van der Waals surface area (Å²) in [7, 11) is 1.67. The molecule has 2 aromatic heterocycles. The second-order valence-corrected chi connectivity index (χ2v) is 7.89. The first-order valence-corrected chi connectivity index (χ1v) is 10.1. The summed E-state index contributed by atoms with van der Waals surface area (Å²) < 4.78 is 5.30. The number of nitrogens with one attached hydrogen (secondary N) is 1. The smallest absolute Gasteiger partial charge is 0.255 e. The van der Waals surface area contributed by atoms with Crippen LogP contribution in [0.1, 0.15) is 41.4 Å². The van der Waals surface area contributed by atoms with Gasteiger partial charge < -0.3 is 9.72 Å². The summed E-state index contributed by atoms with van der Waals surface area (Å²) in [5.41, 5.74) is 4.93. The van der Waals surface area contributed by atoms with Crippen LogP contribution in [0, 0.1) is 0 Å². The van der Waals surface area contributed by atoms with Gasteiger partial charge in [0.25, 0.3) is 5.56 Å². The molecule has 148 valence electrons. The van der Waals surface area contributed by atoms with Gasteiger partial charge in [-0.25, -0.2) is 4.98 Å². The largest absolute Gasteiger partial charge is 0.497 e. The van der Waals surface area contributed by atoms with Crippen molar-refractivity contribution in [2.75, 3.05) is 13.7 Å². The molecule has 1 aliphatic carbocycles. The van der Waals surface area contributed by atoms with Crippen molar-refractivity contribution in [1.82, 2.24) is 19.9 Å². The molecule has 1 fully saturated rings. The predicted molar refractivity (Wildman–Crippen MR) is 111 cm³/mol. The SMILES string of the molecule is COc1cccc(-c2ccc(CN3CCc4nc(C5CC5)[nH]c(=O)c4C3)cn2)c1. The summed E-state index contributed by atoms with van der Waals surface area (Å²) in [5, 5.41) is 0. The zero-order chi connectivity index (χ0) is 19.8. The van der Waals surface area contributed by atoms with Crippen molar-refractivity contribution in [3.05, 3.63) is 75.6 Å². The standard InChI is InChI=1S/C23H24N4O2/c1-29-18-4-2-3-17(11-18)20-8-5-15(12-24-20)13-27-10-9-21-19(14-27)23(28)26-22(25-21)16-6-7-16/h2-5,8,11-12,16H,6-7,9-10,13-14H2,1H3,(H,25,26,28). The van der Waals surface area contributed by atoms with Crippen molar-refractivity contribution in [3.63, 3.8) is 0 Å². The zero-order valence-electron chi connectivity index (χ0n) is 16.5. The number of hydrogen-bond donors (Lipinski definition) is 1. The maximum absolute atomic E-state index is 12.5. The summed E-state index contributed by atoms with van der Waals surface area (Å²) in [5.74, 6) is 2.18. The molecule has 3 heterocycles. The number of rotatable bonds is 5. The molecular formula is C23H24N4O2. The molecule has 6 nitrogen and oxygen atoms in total. The summed E-state index contributed by atoms with van der Waals surface area (Å²) in [4.78, 5) is 27.2. The van der Waals surface area contributed by atoms with E-state index in [0.29, 0.717) is 12.5 Å². The van der Waals surface area contributed by atoms with E-state index in [4.69, 9.17) is 9.72 Å². The lowest BCUT2D eigenvalue weighted by Gasteiger charge is -2.27. The molecule has 0 spiro atoms. The van der Waals surface area contributed by atoms with Crippen LogP contribution < -0.4 is 10.3 Å². The Labute approximate surface area is 169 Å². The van der Waals surface area contributed by atoms with Crippen LogP contribution in [-0.4, -0.2) is 33.5 Å². The van der Waals surface area contributed by atoms with Crippen molar-refractivity contribution in [2.45, 2.75) is 38.3 Å². The molecule has 1 N–H and O–H groups in total. The Bertz CT molecular complexity index is 1090. The van der Waals surface area contributed by atoms with E-state index in [9.17, 15) is 4.79 Å². The third-order valence-corrected chi connectivity index (χ3v) is 5.73. The summed E-state index contributed by atoms with van der Waals surface area (Å²) in [6.07, 6.45) is 5.04. The van der Waals surface area contributed by atoms with Gasteiger partial charge in [-0.15, -0.1) is 0 Å². The van der Waals surface area contributed by atoms with Crippen LogP contribution in [0.25, 0.3) is 11.3 Å². The van der Waals surface area contributed by atoms with Gasteiger partial charge in [-0.05, 0) is 36.6 Å². The quantitative estimate of drug-likeness (QED) is 0.726. The van der Waals surface area contributed by atoms with Gasteiger partial charge in [0, 0.05) is 43.7 Å². The van der Waals surface area contributed by atoms with Gasteiger partial charge in [0.2, 0.25) is 0 Å². The van der Waals surface area contributed by atoms with Crippen molar-refractivity contribution >= 4 is 0 Å². The van der Waals surface area contributed by atoms with Gasteiger partial charge in [-0.2, -0.15) is 0 Å². The normalized spacial score (nSPS) is 16.4. The van der Waals surface area contributed by atoms with E-state index in [1.807, 2.05) is 36.5 Å². The predicted octanol–water partition coefficient (Wildman–Crippen LogP) is 3.28. The Morgan fingerprint density at radius 1 is 1.24 bits per heavy atom. The van der Waals surface area contributed by atoms with Gasteiger partial charge in [0.05, 0.1) is 24.1 Å². The van der Waals surface area contributed by atoms with Gasteiger partial charge in [0.1, 0.15) is 11.6 Å². The Kier molecular flexibility index (Phi) is 4.64. The first-order chi connectivity index (χ1) is 14.2. The fraction of sp³-hybridized carbons (Fsp3) is 0.348. The molecule has 3 aromatic rings. The van der Waals surface area contributed by atoms with Gasteiger partial charge in [-0.3, -0.25) is 14.7 Å². The van der Waals surface area contributed by atoms with Gasteiger partial charge in [-0.1, -0.05) is 18.2 Å². The maximum Gasteiger partial charge on any atom is 0.255 e. The average Bonchev–Trinajstić information content (AvgIpc) is 3.60. The van der Waals surface area contributed by atoms with Crippen molar-refractivity contribution in [1.29, 1.82) is 0 Å². The Balaban J connectivity index is 1.29. The number of benzene rings is 1. The molecule has 2 aliphatic rings. The van der Waals surface area contributed by atoms with Crippen LogP contribution in [0.2, 0.25) is 0 Å². The molecule has 1 aliphatic heterocycles. The summed E-state index contributed by atoms with van der Waals surface area (Å²) >= 11 is 0. The highest BCUT2D eigenvalue weighted by Crippen LogP contribution is 2.37. The molecule has 0 unspecified atom stereocenters. The second kappa shape index (κ2) is 7.44. The van der Waals surface area contributed by atoms with Gasteiger partial charge in [0.15, 0.2) is 0 Å². The fourth-order valence-electron chi connectivity index (χ4n) is 3.91. The van der Waals surface area contributed by atoms with Crippen LogP contribution in [0.15, 0.2) is 47.4 Å². The number of aromatic nitrogens is 3. The topological polar surface area (TPSA) is 71.1 Å². The lowest BCUT2D eigenvalue weighted by molar-refractivity contribution is 0.241. The van der Waals surface area contributed by atoms with Crippen LogP contribution in [0.5, 0.6) is 5.75 Å². The Morgan fingerprint density at radius 3 is 2.90 bits per heavy atom. The first kappa shape index (κ1) is 18.1. The van der Waals surface area contributed by atoms with Crippen LogP contribution in [0.4, 0.5) is 0 Å². The number of fused-ring (bicyclic) bond motifs is 1. The number of ether oxygens (including phenoxy) is 1. The Hall–Kier alpha value is -2.99. The zero-order valence-corrected chi connectivity index (χ0v) is 16.5. The minimum atomic E-state index is 0.0353. The monoisotopic (exact) mass is 388 g/mol. The van der Waals surface area contributed by atoms with E-state index in [0.717, 1.165) is 72.0 Å². The molecule has 0 saturated heterocycles. The van der Waals surface area contributed by atoms with E-state index in [2.05, 4.69) is 20.9 Å². The van der Waals surface area contributed by atoms with Crippen LogP contribution in [0.3, 0.4) is 0 Å². The molecule has 0 radical (unpaired) electrons. The average molecular weight is 388 g/mol. The highest BCUT2D eigenvalue weighted by Gasteiger charge is 2.29. The molecule has 6 heteroatoms. The molecule has 1 saturated carbocycles. The lowest BCUT2D eigenvalue weighted by Crippen LogP contribution is -2.35. The molecule has 5 rings (SSSR count). The number of pyridine rings is 1. The molecule has 0 bridgehead atoms. The first-order valence-electron chi connectivity index (χ1n) is 10.1.